The van der Waals surface area contributed by atoms with Crippen molar-refractivity contribution in [2.75, 3.05) is 26.9 Å². The standard InChI is InChI=1S/C43H70O16/c1-20-21(14-26(47)40(6,53)19-46)59-43(54-7)17-39(5)25-9-8-24-37(2,3)27(10-11-41(24)18-42(25,41)13-12-38(39,4)34(20)43)57-36-33(31(51)29(49)23(16-45)56-36)58-35-32(52)30(50)28(48)22(15-44)55-35/h20-25,27-36,44-46,48-53H,8-19H2,1-7H3/t20-,21+,22-,23-,24?,25+,27+,28-,29-,30+,31+,32-,33-,34?,35+,36+,38-,39+,40?,41-,42+,43+/m1/s1. The highest BCUT2D eigenvalue weighted by molar-refractivity contribution is 5.87. The summed E-state index contributed by atoms with van der Waals surface area (Å²) in [7, 11) is 1.71. The fourth-order valence-corrected chi connectivity index (χ4v) is 15.2. The number of fused-ring (bicyclic) bond motifs is 4. The fraction of sp³-hybridized carbons (Fsp3) is 0.977. The highest BCUT2D eigenvalue weighted by Gasteiger charge is 2.85. The van der Waals surface area contributed by atoms with Crippen molar-refractivity contribution in [1.29, 1.82) is 0 Å². The van der Waals surface area contributed by atoms with Crippen LogP contribution in [0, 0.1) is 50.7 Å². The van der Waals surface area contributed by atoms with Gasteiger partial charge in [-0.15, -0.1) is 0 Å². The van der Waals surface area contributed by atoms with Gasteiger partial charge in [0.2, 0.25) is 0 Å². The fourth-order valence-electron chi connectivity index (χ4n) is 15.2. The van der Waals surface area contributed by atoms with Gasteiger partial charge < -0.3 is 74.4 Å². The molecule has 3 heterocycles. The van der Waals surface area contributed by atoms with Crippen LogP contribution in [0.2, 0.25) is 0 Å². The van der Waals surface area contributed by atoms with Crippen molar-refractivity contribution in [3.05, 3.63) is 0 Å². The second-order valence-electron chi connectivity index (χ2n) is 21.2. The molecule has 0 aromatic heterocycles. The van der Waals surface area contributed by atoms with Gasteiger partial charge in [-0.3, -0.25) is 4.79 Å². The Kier molecular flexibility index (Phi) is 11.2. The topological polar surface area (TPSA) is 255 Å². The molecule has 2 spiro atoms. The van der Waals surface area contributed by atoms with E-state index in [9.17, 15) is 50.8 Å². The molecule has 3 aliphatic heterocycles. The summed E-state index contributed by atoms with van der Waals surface area (Å²) >= 11 is 0. The zero-order chi connectivity index (χ0) is 43.0. The Morgan fingerprint density at radius 1 is 0.729 bits per heavy atom. The van der Waals surface area contributed by atoms with Crippen LogP contribution in [-0.4, -0.2) is 164 Å². The molecule has 5 aliphatic carbocycles. The smallest absolute Gasteiger partial charge is 0.187 e. The number of rotatable bonds is 11. The van der Waals surface area contributed by atoms with Crippen LogP contribution in [0.3, 0.4) is 0 Å². The molecule has 0 aromatic rings. The third-order valence-electron chi connectivity index (χ3n) is 18.5. The summed E-state index contributed by atoms with van der Waals surface area (Å²) in [5, 5.41) is 93.7. The van der Waals surface area contributed by atoms with E-state index < -0.39 is 105 Å². The number of carbonyl (C=O) groups is 1. The lowest BCUT2D eigenvalue weighted by Crippen LogP contribution is -2.65. The molecule has 3 unspecified atom stereocenters. The predicted octanol–water partition coefficient (Wildman–Crippen LogP) is 0.125. The molecule has 22 atom stereocenters. The first-order valence-electron chi connectivity index (χ1n) is 21.9. The number of hydrogen-bond donors (Lipinski definition) is 9. The molecule has 9 N–H and O–H groups in total. The number of ketones is 1. The van der Waals surface area contributed by atoms with Crippen molar-refractivity contribution in [3.63, 3.8) is 0 Å². The van der Waals surface area contributed by atoms with Crippen LogP contribution >= 0.6 is 0 Å². The van der Waals surface area contributed by atoms with Crippen molar-refractivity contribution < 1.29 is 79.2 Å². The van der Waals surface area contributed by atoms with Crippen molar-refractivity contribution >= 4 is 5.78 Å². The predicted molar refractivity (Wildman–Crippen MR) is 205 cm³/mol. The summed E-state index contributed by atoms with van der Waals surface area (Å²) in [6, 6.07) is 0. The number of carbonyl (C=O) groups excluding carboxylic acids is 1. The molecule has 3 saturated heterocycles. The van der Waals surface area contributed by atoms with E-state index in [1.165, 1.54) is 6.92 Å². The van der Waals surface area contributed by atoms with Crippen LogP contribution in [0.5, 0.6) is 0 Å². The van der Waals surface area contributed by atoms with Gasteiger partial charge in [0, 0.05) is 25.9 Å². The first-order chi connectivity index (χ1) is 27.6. The van der Waals surface area contributed by atoms with Gasteiger partial charge in [-0.2, -0.15) is 0 Å². The van der Waals surface area contributed by atoms with E-state index in [1.54, 1.807) is 7.11 Å². The van der Waals surface area contributed by atoms with Gasteiger partial charge >= 0.3 is 0 Å². The second-order valence-corrected chi connectivity index (χ2v) is 21.2. The van der Waals surface area contributed by atoms with Gasteiger partial charge in [-0.1, -0.05) is 34.6 Å². The molecule has 0 bridgehead atoms. The molecule has 8 aliphatic rings. The number of hydrogen-bond acceptors (Lipinski definition) is 16. The molecule has 0 radical (unpaired) electrons. The molecular weight excluding hydrogens is 772 g/mol. The van der Waals surface area contributed by atoms with Gasteiger partial charge in [0.25, 0.3) is 0 Å². The Hall–Kier alpha value is -0.930. The van der Waals surface area contributed by atoms with E-state index in [0.29, 0.717) is 18.8 Å². The third-order valence-corrected chi connectivity index (χ3v) is 18.5. The number of aliphatic hydroxyl groups excluding tert-OH is 8. The maximum atomic E-state index is 13.1. The zero-order valence-electron chi connectivity index (χ0n) is 35.6. The van der Waals surface area contributed by atoms with Crippen LogP contribution in [0.1, 0.15) is 99.3 Å². The first kappa shape index (κ1) is 44.7. The van der Waals surface area contributed by atoms with Crippen molar-refractivity contribution in [2.24, 2.45) is 50.7 Å². The SMILES string of the molecule is CO[C@]12C[C@@]3(C)[C@@H]4CCC5C(C)(C)[C@@H](O[C@@H]6O[C@H](CO)[C@@H](O)[C@H](O)[C@H]6O[C@@H]6O[C@H](CO)[C@@H](O)[C@H](O)[C@H]6O)CC[C@@]56C[C@@]46CC[C@]3(C)C1[C@H](C)[C@H](CC(=O)C(C)(O)CO)O2. The minimum atomic E-state index is -1.83. The molecule has 0 aromatic carbocycles. The van der Waals surface area contributed by atoms with Crippen molar-refractivity contribution in [1.82, 2.24) is 0 Å². The Bertz CT molecular complexity index is 1590. The lowest BCUT2D eigenvalue weighted by Gasteiger charge is -2.63. The maximum absolute atomic E-state index is 13.1. The summed E-state index contributed by atoms with van der Waals surface area (Å²) in [5.41, 5.74) is -2.25. The van der Waals surface area contributed by atoms with Crippen LogP contribution < -0.4 is 0 Å². The quantitative estimate of drug-likeness (QED) is 0.125. The summed E-state index contributed by atoms with van der Waals surface area (Å²) in [5.74, 6) is -0.566. The average Bonchev–Trinajstić information content (AvgIpc) is 3.71. The minimum Gasteiger partial charge on any atom is -0.394 e. The molecule has 338 valence electrons. The third kappa shape index (κ3) is 6.13. The van der Waals surface area contributed by atoms with E-state index in [1.807, 2.05) is 0 Å². The Labute approximate surface area is 346 Å². The van der Waals surface area contributed by atoms with E-state index in [-0.39, 0.29) is 57.4 Å². The van der Waals surface area contributed by atoms with E-state index >= 15 is 0 Å². The molecule has 0 amide bonds. The van der Waals surface area contributed by atoms with Crippen LogP contribution in [0.15, 0.2) is 0 Å². The molecular formula is C43H70O16. The average molecular weight is 843 g/mol. The maximum Gasteiger partial charge on any atom is 0.187 e. The Morgan fingerprint density at radius 2 is 1.34 bits per heavy atom. The summed E-state index contributed by atoms with van der Waals surface area (Å²) in [6.45, 7) is 10.9. The van der Waals surface area contributed by atoms with Crippen LogP contribution in [-0.2, 0) is 33.2 Å². The van der Waals surface area contributed by atoms with E-state index in [2.05, 4.69) is 34.6 Å². The monoisotopic (exact) mass is 842 g/mol. The molecule has 8 fully saturated rings. The van der Waals surface area contributed by atoms with Gasteiger partial charge in [-0.05, 0) is 96.7 Å². The summed E-state index contributed by atoms with van der Waals surface area (Å²) in [4.78, 5) is 13.1. The van der Waals surface area contributed by atoms with E-state index in [0.717, 1.165) is 38.5 Å². The first-order valence-corrected chi connectivity index (χ1v) is 21.9. The van der Waals surface area contributed by atoms with Crippen LogP contribution in [0.25, 0.3) is 0 Å². The van der Waals surface area contributed by atoms with Crippen LogP contribution in [0.4, 0.5) is 0 Å². The van der Waals surface area contributed by atoms with Gasteiger partial charge in [0.1, 0.15) is 54.4 Å². The molecule has 5 saturated carbocycles. The number of aliphatic hydroxyl groups is 9. The Balaban J connectivity index is 1.01. The van der Waals surface area contributed by atoms with Gasteiger partial charge in [0.05, 0.1) is 32.0 Å². The van der Waals surface area contributed by atoms with Crippen molar-refractivity contribution in [2.45, 2.75) is 184 Å². The molecule has 16 nitrogen and oxygen atoms in total. The summed E-state index contributed by atoms with van der Waals surface area (Å²) < 4.78 is 37.7. The van der Waals surface area contributed by atoms with Gasteiger partial charge in [-0.25, -0.2) is 0 Å². The number of Topliss-reactive ketones (excluding diaryl/α,β-unsaturated/α-hetero) is 1. The lowest BCUT2D eigenvalue weighted by molar-refractivity contribution is -0.377. The molecule has 16 heteroatoms. The molecule has 59 heavy (non-hydrogen) atoms. The largest absolute Gasteiger partial charge is 0.394 e. The van der Waals surface area contributed by atoms with E-state index in [4.69, 9.17) is 28.4 Å². The summed E-state index contributed by atoms with van der Waals surface area (Å²) in [6.07, 6.45) is -8.48. The van der Waals surface area contributed by atoms with Crippen molar-refractivity contribution in [3.8, 4) is 0 Å². The lowest BCUT2D eigenvalue weighted by atomic mass is 9.41. The second kappa shape index (κ2) is 14.8. The number of methoxy groups -OCH3 is 1. The zero-order valence-corrected chi connectivity index (χ0v) is 35.6. The number of ether oxygens (including phenoxy) is 6. The normalized spacial score (nSPS) is 55.9. The highest BCUT2D eigenvalue weighted by Crippen LogP contribution is 2.90. The highest BCUT2D eigenvalue weighted by atomic mass is 16.8. The van der Waals surface area contributed by atoms with Gasteiger partial charge in [0.15, 0.2) is 24.2 Å². The minimum absolute atomic E-state index is 0.00628. The Morgan fingerprint density at radius 3 is 1.97 bits per heavy atom. The molecule has 8 rings (SSSR count).